The number of carboxylic acids is 1. The van der Waals surface area contributed by atoms with Gasteiger partial charge in [-0.15, -0.1) is 0 Å². The van der Waals surface area contributed by atoms with Gasteiger partial charge in [-0.3, -0.25) is 4.79 Å². The van der Waals surface area contributed by atoms with Gasteiger partial charge in [0.2, 0.25) is 0 Å². The lowest BCUT2D eigenvalue weighted by Crippen LogP contribution is -2.25. The molecule has 1 amide bonds. The largest absolute Gasteiger partial charge is 0.493 e. The SMILES string of the molecule is O=C(O)c1ccc(CCNC(=O)c2ccc(OCC3CC3)cc2)cc1. The minimum Gasteiger partial charge on any atom is -0.493 e. The number of ether oxygens (including phenoxy) is 1. The molecule has 1 aliphatic carbocycles. The Bertz CT molecular complexity index is 733. The van der Waals surface area contributed by atoms with Gasteiger partial charge in [0.05, 0.1) is 12.2 Å². The number of rotatable bonds is 8. The van der Waals surface area contributed by atoms with Crippen LogP contribution in [0.3, 0.4) is 0 Å². The summed E-state index contributed by atoms with van der Waals surface area (Å²) >= 11 is 0. The van der Waals surface area contributed by atoms with Crippen LogP contribution in [0.1, 0.15) is 39.1 Å². The minimum atomic E-state index is -0.940. The Labute approximate surface area is 146 Å². The van der Waals surface area contributed by atoms with Crippen molar-refractivity contribution in [1.29, 1.82) is 0 Å². The van der Waals surface area contributed by atoms with Crippen LogP contribution in [0.4, 0.5) is 0 Å². The molecule has 0 aliphatic heterocycles. The Balaban J connectivity index is 1.44. The zero-order valence-electron chi connectivity index (χ0n) is 13.9. The molecule has 0 unspecified atom stereocenters. The lowest BCUT2D eigenvalue weighted by Gasteiger charge is -2.08. The highest BCUT2D eigenvalue weighted by molar-refractivity contribution is 5.94. The summed E-state index contributed by atoms with van der Waals surface area (Å²) in [6, 6.07) is 13.8. The quantitative estimate of drug-likeness (QED) is 0.775. The van der Waals surface area contributed by atoms with Gasteiger partial charge in [-0.1, -0.05) is 12.1 Å². The molecule has 0 aromatic heterocycles. The average Bonchev–Trinajstić information content (AvgIpc) is 3.45. The van der Waals surface area contributed by atoms with E-state index in [0.29, 0.717) is 24.4 Å². The standard InChI is InChI=1S/C20H21NO4/c22-19(16-7-9-18(10-8-16)25-13-15-1-2-15)21-12-11-14-3-5-17(6-4-14)20(23)24/h3-10,15H,1-2,11-13H2,(H,21,22)(H,23,24). The number of nitrogens with one attached hydrogen (secondary N) is 1. The van der Waals surface area contributed by atoms with E-state index in [1.807, 2.05) is 12.1 Å². The number of amides is 1. The van der Waals surface area contributed by atoms with Gasteiger partial charge in [0, 0.05) is 12.1 Å². The maximum Gasteiger partial charge on any atom is 0.335 e. The van der Waals surface area contributed by atoms with Crippen molar-refractivity contribution in [1.82, 2.24) is 5.32 Å². The van der Waals surface area contributed by atoms with E-state index in [2.05, 4.69) is 5.32 Å². The summed E-state index contributed by atoms with van der Waals surface area (Å²) in [5.74, 6) is 0.426. The number of carboxylic acid groups (broad SMARTS) is 1. The van der Waals surface area contributed by atoms with Crippen LogP contribution < -0.4 is 10.1 Å². The fraction of sp³-hybridized carbons (Fsp3) is 0.300. The first-order valence-electron chi connectivity index (χ1n) is 8.45. The molecule has 0 spiro atoms. The van der Waals surface area contributed by atoms with E-state index in [1.54, 1.807) is 36.4 Å². The van der Waals surface area contributed by atoms with Crippen molar-refractivity contribution in [2.75, 3.05) is 13.2 Å². The Morgan fingerprint density at radius 1 is 1.00 bits per heavy atom. The smallest absolute Gasteiger partial charge is 0.335 e. The number of carbonyl (C=O) groups excluding carboxylic acids is 1. The summed E-state index contributed by atoms with van der Waals surface area (Å²) in [5.41, 5.74) is 1.84. The maximum absolute atomic E-state index is 12.1. The number of aromatic carboxylic acids is 1. The van der Waals surface area contributed by atoms with E-state index in [4.69, 9.17) is 9.84 Å². The molecular formula is C20H21NO4. The Hall–Kier alpha value is -2.82. The Kier molecular flexibility index (Phi) is 5.33. The Morgan fingerprint density at radius 2 is 1.64 bits per heavy atom. The summed E-state index contributed by atoms with van der Waals surface area (Å²) in [6.07, 6.45) is 3.15. The van der Waals surface area contributed by atoms with Crippen LogP contribution >= 0.6 is 0 Å². The molecule has 1 aliphatic rings. The summed E-state index contributed by atoms with van der Waals surface area (Å²) in [6.45, 7) is 1.25. The fourth-order valence-electron chi connectivity index (χ4n) is 2.44. The highest BCUT2D eigenvalue weighted by Crippen LogP contribution is 2.29. The van der Waals surface area contributed by atoms with E-state index in [0.717, 1.165) is 17.9 Å². The predicted octanol–water partition coefficient (Wildman–Crippen LogP) is 3.15. The molecule has 2 N–H and O–H groups in total. The van der Waals surface area contributed by atoms with Crippen molar-refractivity contribution in [3.05, 3.63) is 65.2 Å². The average molecular weight is 339 g/mol. The van der Waals surface area contributed by atoms with Crippen LogP contribution in [-0.4, -0.2) is 30.1 Å². The third-order valence-corrected chi connectivity index (χ3v) is 4.20. The summed E-state index contributed by atoms with van der Waals surface area (Å²) in [4.78, 5) is 22.9. The maximum atomic E-state index is 12.1. The van der Waals surface area contributed by atoms with Gasteiger partial charge in [0.15, 0.2) is 0 Å². The highest BCUT2D eigenvalue weighted by atomic mass is 16.5. The molecule has 3 rings (SSSR count). The number of benzene rings is 2. The van der Waals surface area contributed by atoms with Crippen molar-refractivity contribution in [2.45, 2.75) is 19.3 Å². The van der Waals surface area contributed by atoms with E-state index < -0.39 is 5.97 Å². The summed E-state index contributed by atoms with van der Waals surface area (Å²) in [5, 5.41) is 11.7. The first-order chi connectivity index (χ1) is 12.1. The molecule has 1 saturated carbocycles. The topological polar surface area (TPSA) is 75.6 Å². The Morgan fingerprint density at radius 3 is 2.24 bits per heavy atom. The van der Waals surface area contributed by atoms with Gasteiger partial charge in [-0.2, -0.15) is 0 Å². The monoisotopic (exact) mass is 339 g/mol. The molecule has 1 fully saturated rings. The van der Waals surface area contributed by atoms with Gasteiger partial charge in [-0.25, -0.2) is 4.79 Å². The van der Waals surface area contributed by atoms with Gasteiger partial charge >= 0.3 is 5.97 Å². The van der Waals surface area contributed by atoms with Gasteiger partial charge in [0.25, 0.3) is 5.91 Å². The van der Waals surface area contributed by atoms with Crippen molar-refractivity contribution >= 4 is 11.9 Å². The molecule has 130 valence electrons. The van der Waals surface area contributed by atoms with Crippen molar-refractivity contribution in [3.63, 3.8) is 0 Å². The van der Waals surface area contributed by atoms with Crippen molar-refractivity contribution in [2.24, 2.45) is 5.92 Å². The zero-order chi connectivity index (χ0) is 17.6. The zero-order valence-corrected chi connectivity index (χ0v) is 13.9. The second-order valence-corrected chi connectivity index (χ2v) is 6.29. The molecule has 5 heteroatoms. The summed E-state index contributed by atoms with van der Waals surface area (Å²) in [7, 11) is 0. The lowest BCUT2D eigenvalue weighted by atomic mass is 10.1. The van der Waals surface area contributed by atoms with Gasteiger partial charge in [-0.05, 0) is 67.1 Å². The number of hydrogen-bond donors (Lipinski definition) is 2. The van der Waals surface area contributed by atoms with E-state index in [1.165, 1.54) is 12.8 Å². The lowest BCUT2D eigenvalue weighted by molar-refractivity contribution is 0.0696. The normalized spacial score (nSPS) is 13.3. The third kappa shape index (κ3) is 5.08. The van der Waals surface area contributed by atoms with Crippen LogP contribution in [0.25, 0.3) is 0 Å². The van der Waals surface area contributed by atoms with Crippen molar-refractivity contribution < 1.29 is 19.4 Å². The van der Waals surface area contributed by atoms with E-state index in [-0.39, 0.29) is 11.5 Å². The van der Waals surface area contributed by atoms with Crippen LogP contribution in [0.2, 0.25) is 0 Å². The van der Waals surface area contributed by atoms with Crippen LogP contribution in [0, 0.1) is 5.92 Å². The molecule has 0 radical (unpaired) electrons. The fourth-order valence-corrected chi connectivity index (χ4v) is 2.44. The molecule has 0 heterocycles. The molecule has 2 aromatic carbocycles. The molecule has 2 aromatic rings. The number of carbonyl (C=O) groups is 2. The molecule has 0 bridgehead atoms. The van der Waals surface area contributed by atoms with Crippen molar-refractivity contribution in [3.8, 4) is 5.75 Å². The van der Waals surface area contributed by atoms with Crippen LogP contribution in [0.5, 0.6) is 5.75 Å². The second kappa shape index (κ2) is 7.83. The van der Waals surface area contributed by atoms with Crippen LogP contribution in [-0.2, 0) is 6.42 Å². The first kappa shape index (κ1) is 17.0. The van der Waals surface area contributed by atoms with Crippen LogP contribution in [0.15, 0.2) is 48.5 Å². The molecule has 5 nitrogen and oxygen atoms in total. The second-order valence-electron chi connectivity index (χ2n) is 6.29. The minimum absolute atomic E-state index is 0.129. The van der Waals surface area contributed by atoms with E-state index >= 15 is 0 Å². The van der Waals surface area contributed by atoms with Gasteiger partial charge < -0.3 is 15.2 Å². The molecule has 25 heavy (non-hydrogen) atoms. The molecular weight excluding hydrogens is 318 g/mol. The third-order valence-electron chi connectivity index (χ3n) is 4.20. The van der Waals surface area contributed by atoms with E-state index in [9.17, 15) is 9.59 Å². The first-order valence-corrected chi connectivity index (χ1v) is 8.45. The number of hydrogen-bond acceptors (Lipinski definition) is 3. The molecule has 0 saturated heterocycles. The summed E-state index contributed by atoms with van der Waals surface area (Å²) < 4.78 is 5.66. The predicted molar refractivity (Wildman–Crippen MR) is 94.1 cm³/mol. The highest BCUT2D eigenvalue weighted by Gasteiger charge is 2.21. The van der Waals surface area contributed by atoms with Gasteiger partial charge in [0.1, 0.15) is 5.75 Å². The molecule has 0 atom stereocenters.